The minimum Gasteiger partial charge on any atom is -0.492 e. The minimum atomic E-state index is -3.39. The average Bonchev–Trinajstić information content (AvgIpc) is 3.38. The Hall–Kier alpha value is -1.41. The third-order valence-corrected chi connectivity index (χ3v) is 8.26. The quantitative estimate of drug-likeness (QED) is 0.707. The number of hydrogen-bond donors (Lipinski definition) is 0. The number of hydrogen-bond acceptors (Lipinski definition) is 5. The number of benzene rings is 1. The van der Waals surface area contributed by atoms with Gasteiger partial charge in [0.2, 0.25) is 10.0 Å². The Kier molecular flexibility index (Phi) is 5.29. The van der Waals surface area contributed by atoms with Gasteiger partial charge in [-0.15, -0.1) is 11.3 Å². The molecule has 0 amide bonds. The van der Waals surface area contributed by atoms with Gasteiger partial charge in [0.15, 0.2) is 0 Å². The fraction of sp³-hybridized carbons (Fsp3) is 0.500. The molecule has 0 saturated heterocycles. The number of ether oxygens (including phenoxy) is 1. The van der Waals surface area contributed by atoms with E-state index in [1.165, 1.54) is 36.8 Å². The van der Waals surface area contributed by atoms with Gasteiger partial charge in [0.25, 0.3) is 0 Å². The van der Waals surface area contributed by atoms with Crippen LogP contribution in [-0.2, 0) is 16.4 Å². The predicted octanol–water partition coefficient (Wildman–Crippen LogP) is 3.39. The van der Waals surface area contributed by atoms with Gasteiger partial charge in [-0.2, -0.15) is 0 Å². The van der Waals surface area contributed by atoms with Crippen molar-refractivity contribution in [2.45, 2.75) is 30.2 Å². The lowest BCUT2D eigenvalue weighted by atomic mass is 9.96. The molecule has 1 saturated carbocycles. The summed E-state index contributed by atoms with van der Waals surface area (Å²) >= 11 is 1.89. The van der Waals surface area contributed by atoms with Crippen LogP contribution in [-0.4, -0.2) is 51.4 Å². The SMILES string of the molecule is CN(C)S(=O)(=O)c1ccc(OCCN2CCc3sccc3[C@H]2C2CC2)cc1. The highest BCUT2D eigenvalue weighted by molar-refractivity contribution is 7.89. The first-order valence-electron chi connectivity index (χ1n) is 9.42. The summed E-state index contributed by atoms with van der Waals surface area (Å²) in [4.78, 5) is 4.41. The van der Waals surface area contributed by atoms with Crippen LogP contribution in [0.15, 0.2) is 40.6 Å². The van der Waals surface area contributed by atoms with Crippen LogP contribution in [0, 0.1) is 5.92 Å². The largest absolute Gasteiger partial charge is 0.492 e. The van der Waals surface area contributed by atoms with Crippen molar-refractivity contribution in [3.63, 3.8) is 0 Å². The maximum atomic E-state index is 12.1. The van der Waals surface area contributed by atoms with Gasteiger partial charge in [-0.3, -0.25) is 4.90 Å². The summed E-state index contributed by atoms with van der Waals surface area (Å²) in [6.07, 6.45) is 3.80. The van der Waals surface area contributed by atoms with Gasteiger partial charge in [-0.1, -0.05) is 0 Å². The van der Waals surface area contributed by atoms with Crippen LogP contribution in [0.4, 0.5) is 0 Å². The second kappa shape index (κ2) is 7.54. The molecule has 1 aliphatic carbocycles. The monoisotopic (exact) mass is 406 g/mol. The highest BCUT2D eigenvalue weighted by Crippen LogP contribution is 2.48. The number of fused-ring (bicyclic) bond motifs is 1. The lowest BCUT2D eigenvalue weighted by Gasteiger charge is -2.36. The number of thiophene rings is 1. The van der Waals surface area contributed by atoms with E-state index in [1.54, 1.807) is 29.1 Å². The highest BCUT2D eigenvalue weighted by atomic mass is 32.2. The van der Waals surface area contributed by atoms with Crippen molar-refractivity contribution < 1.29 is 13.2 Å². The molecule has 1 atom stereocenters. The maximum Gasteiger partial charge on any atom is 0.242 e. The van der Waals surface area contributed by atoms with Gasteiger partial charge >= 0.3 is 0 Å². The topological polar surface area (TPSA) is 49.9 Å². The van der Waals surface area contributed by atoms with Crippen molar-refractivity contribution in [1.29, 1.82) is 0 Å². The van der Waals surface area contributed by atoms with Crippen molar-refractivity contribution in [2.75, 3.05) is 33.8 Å². The zero-order valence-corrected chi connectivity index (χ0v) is 17.4. The smallest absolute Gasteiger partial charge is 0.242 e. The Balaban J connectivity index is 1.36. The van der Waals surface area contributed by atoms with E-state index in [-0.39, 0.29) is 4.90 Å². The molecule has 2 heterocycles. The van der Waals surface area contributed by atoms with Crippen molar-refractivity contribution >= 4 is 21.4 Å². The van der Waals surface area contributed by atoms with Crippen LogP contribution in [0.1, 0.15) is 29.3 Å². The predicted molar refractivity (Wildman–Crippen MR) is 108 cm³/mol. The van der Waals surface area contributed by atoms with E-state index >= 15 is 0 Å². The van der Waals surface area contributed by atoms with Crippen LogP contribution in [0.5, 0.6) is 5.75 Å². The first-order chi connectivity index (χ1) is 13.0. The van der Waals surface area contributed by atoms with Gasteiger partial charge in [0, 0.05) is 38.1 Å². The summed E-state index contributed by atoms with van der Waals surface area (Å²) in [6.45, 7) is 2.61. The molecule has 1 aliphatic heterocycles. The zero-order valence-electron chi connectivity index (χ0n) is 15.8. The van der Waals surface area contributed by atoms with E-state index in [9.17, 15) is 8.42 Å². The molecule has 27 heavy (non-hydrogen) atoms. The number of rotatable bonds is 7. The van der Waals surface area contributed by atoms with Crippen LogP contribution in [0.2, 0.25) is 0 Å². The summed E-state index contributed by atoms with van der Waals surface area (Å²) in [5.74, 6) is 1.51. The second-order valence-corrected chi connectivity index (χ2v) is 10.6. The van der Waals surface area contributed by atoms with Crippen LogP contribution in [0.3, 0.4) is 0 Å². The molecule has 0 unspecified atom stereocenters. The van der Waals surface area contributed by atoms with Crippen LogP contribution in [0.25, 0.3) is 0 Å². The van der Waals surface area contributed by atoms with E-state index < -0.39 is 10.0 Å². The van der Waals surface area contributed by atoms with Crippen LogP contribution < -0.4 is 4.74 Å². The first-order valence-corrected chi connectivity index (χ1v) is 11.7. The molecule has 1 aromatic heterocycles. The van der Waals surface area contributed by atoms with Crippen molar-refractivity contribution in [3.05, 3.63) is 46.2 Å². The fourth-order valence-corrected chi connectivity index (χ4v) is 5.63. The van der Waals surface area contributed by atoms with Gasteiger partial charge in [0.1, 0.15) is 12.4 Å². The number of sulfonamides is 1. The van der Waals surface area contributed by atoms with Gasteiger partial charge in [-0.25, -0.2) is 12.7 Å². The summed E-state index contributed by atoms with van der Waals surface area (Å²) in [5, 5.41) is 2.23. The highest BCUT2D eigenvalue weighted by Gasteiger charge is 2.39. The van der Waals surface area contributed by atoms with E-state index in [4.69, 9.17) is 4.74 Å². The molecule has 0 radical (unpaired) electrons. The maximum absolute atomic E-state index is 12.1. The summed E-state index contributed by atoms with van der Waals surface area (Å²) < 4.78 is 31.4. The van der Waals surface area contributed by atoms with Gasteiger partial charge < -0.3 is 4.74 Å². The summed E-state index contributed by atoms with van der Waals surface area (Å²) in [6, 6.07) is 9.55. The van der Waals surface area contributed by atoms with E-state index in [0.29, 0.717) is 18.4 Å². The van der Waals surface area contributed by atoms with Crippen molar-refractivity contribution in [1.82, 2.24) is 9.21 Å². The standard InChI is InChI=1S/C20H26N2O3S2/c1-21(2)27(23,24)17-7-5-16(6-8-17)25-13-12-22-11-9-19-18(10-14-26-19)20(22)15-3-4-15/h5-8,10,14-15,20H,3-4,9,11-13H2,1-2H3/t20-/m1/s1. The molecular weight excluding hydrogens is 380 g/mol. The zero-order chi connectivity index (χ0) is 19.0. The molecule has 1 fully saturated rings. The Labute approximate surface area is 165 Å². The molecule has 0 bridgehead atoms. The molecule has 0 N–H and O–H groups in total. The first kappa shape index (κ1) is 18.9. The molecule has 5 nitrogen and oxygen atoms in total. The fourth-order valence-electron chi connectivity index (χ4n) is 3.81. The molecule has 146 valence electrons. The van der Waals surface area contributed by atoms with Crippen molar-refractivity contribution in [2.24, 2.45) is 5.92 Å². The lowest BCUT2D eigenvalue weighted by Crippen LogP contribution is -2.38. The van der Waals surface area contributed by atoms with Gasteiger partial charge in [-0.05, 0) is 66.5 Å². The third kappa shape index (κ3) is 3.92. The summed E-state index contributed by atoms with van der Waals surface area (Å²) in [7, 11) is -0.323. The molecular formula is C20H26N2O3S2. The molecule has 2 aliphatic rings. The normalized spacial score (nSPS) is 20.6. The van der Waals surface area contributed by atoms with Crippen molar-refractivity contribution in [3.8, 4) is 5.75 Å². The van der Waals surface area contributed by atoms with Gasteiger partial charge in [0.05, 0.1) is 4.90 Å². The second-order valence-electron chi connectivity index (χ2n) is 7.47. The van der Waals surface area contributed by atoms with E-state index in [0.717, 1.165) is 25.4 Å². The average molecular weight is 407 g/mol. The van der Waals surface area contributed by atoms with Crippen LogP contribution >= 0.6 is 11.3 Å². The Bertz CT molecular complexity index is 886. The Morgan fingerprint density at radius 2 is 1.93 bits per heavy atom. The third-order valence-electron chi connectivity index (χ3n) is 5.44. The summed E-state index contributed by atoms with van der Waals surface area (Å²) in [5.41, 5.74) is 1.53. The van der Waals surface area contributed by atoms with E-state index in [1.807, 2.05) is 11.3 Å². The molecule has 4 rings (SSSR count). The Morgan fingerprint density at radius 3 is 2.59 bits per heavy atom. The lowest BCUT2D eigenvalue weighted by molar-refractivity contribution is 0.137. The molecule has 2 aromatic rings. The molecule has 7 heteroatoms. The van der Waals surface area contributed by atoms with E-state index in [2.05, 4.69) is 16.3 Å². The number of nitrogens with zero attached hydrogens (tertiary/aromatic N) is 2. The molecule has 1 aromatic carbocycles. The molecule has 0 spiro atoms. The Morgan fingerprint density at radius 1 is 1.19 bits per heavy atom. The minimum absolute atomic E-state index is 0.287.